The highest BCUT2D eigenvalue weighted by Gasteiger charge is 2.43. The number of ether oxygens (including phenoxy) is 1. The molecule has 0 bridgehead atoms. The molecule has 0 radical (unpaired) electrons. The minimum absolute atomic E-state index is 0.324. The molecule has 1 fully saturated rings. The Morgan fingerprint density at radius 1 is 1.20 bits per heavy atom. The number of hydrogen-bond donors (Lipinski definition) is 1. The highest BCUT2D eigenvalue weighted by molar-refractivity contribution is 5.35. The maximum absolute atomic E-state index is 10.6. The van der Waals surface area contributed by atoms with Crippen molar-refractivity contribution < 1.29 is 9.84 Å². The molecule has 1 aliphatic heterocycles. The van der Waals surface area contributed by atoms with Crippen LogP contribution in [0.15, 0.2) is 24.3 Å². The van der Waals surface area contributed by atoms with Crippen LogP contribution in [0.25, 0.3) is 0 Å². The Labute approximate surface area is 89.9 Å². The first-order valence-corrected chi connectivity index (χ1v) is 5.65. The Hall–Kier alpha value is -0.860. The van der Waals surface area contributed by atoms with Gasteiger partial charge >= 0.3 is 0 Å². The summed E-state index contributed by atoms with van der Waals surface area (Å²) in [5.74, 6) is 0.324. The van der Waals surface area contributed by atoms with E-state index in [1.807, 2.05) is 0 Å². The second kappa shape index (κ2) is 3.32. The maximum Gasteiger partial charge on any atom is 0.0779 e. The van der Waals surface area contributed by atoms with E-state index in [1.165, 1.54) is 11.1 Å². The molecule has 80 valence electrons. The number of fused-ring (bicyclic) bond motifs is 1. The molecule has 2 heteroatoms. The lowest BCUT2D eigenvalue weighted by atomic mass is 9.84. The lowest BCUT2D eigenvalue weighted by Gasteiger charge is -2.28. The Morgan fingerprint density at radius 3 is 2.40 bits per heavy atom. The number of hydrogen-bond acceptors (Lipinski definition) is 2. The first kappa shape index (κ1) is 9.37. The lowest BCUT2D eigenvalue weighted by molar-refractivity contribution is -0.0124. The van der Waals surface area contributed by atoms with Crippen molar-refractivity contribution >= 4 is 0 Å². The largest absolute Gasteiger partial charge is 0.389 e. The molecule has 1 atom stereocenters. The highest BCUT2D eigenvalue weighted by Crippen LogP contribution is 2.38. The van der Waals surface area contributed by atoms with Crippen LogP contribution in [-0.2, 0) is 17.6 Å². The van der Waals surface area contributed by atoms with Crippen molar-refractivity contribution in [2.24, 2.45) is 5.92 Å². The molecule has 1 aromatic rings. The predicted molar refractivity (Wildman–Crippen MR) is 57.7 cm³/mol. The molecule has 1 heterocycles. The van der Waals surface area contributed by atoms with E-state index in [0.717, 1.165) is 32.5 Å². The van der Waals surface area contributed by atoms with Gasteiger partial charge in [0.05, 0.1) is 12.2 Å². The molecule has 0 saturated carbocycles. The number of aliphatic hydroxyl groups is 1. The van der Waals surface area contributed by atoms with E-state index in [4.69, 9.17) is 4.74 Å². The van der Waals surface area contributed by atoms with Crippen molar-refractivity contribution in [1.82, 2.24) is 0 Å². The van der Waals surface area contributed by atoms with Gasteiger partial charge in [-0.15, -0.1) is 0 Å². The van der Waals surface area contributed by atoms with E-state index < -0.39 is 5.60 Å². The van der Waals surface area contributed by atoms with Crippen molar-refractivity contribution in [2.45, 2.75) is 24.9 Å². The predicted octanol–water partition coefficient (Wildman–Crippen LogP) is 1.55. The van der Waals surface area contributed by atoms with Gasteiger partial charge in [-0.25, -0.2) is 0 Å². The third-order valence-electron chi connectivity index (χ3n) is 3.80. The standard InChI is InChI=1S/C13H16O2/c14-13(12-5-6-15-9-12)7-10-3-1-2-4-11(10)8-13/h1-4,12,14H,5-9H2. The minimum Gasteiger partial charge on any atom is -0.389 e. The first-order chi connectivity index (χ1) is 7.28. The van der Waals surface area contributed by atoms with Crippen molar-refractivity contribution in [2.75, 3.05) is 13.2 Å². The highest BCUT2D eigenvalue weighted by atomic mass is 16.5. The topological polar surface area (TPSA) is 29.5 Å². The van der Waals surface area contributed by atoms with Crippen molar-refractivity contribution in [1.29, 1.82) is 0 Å². The van der Waals surface area contributed by atoms with E-state index in [0.29, 0.717) is 5.92 Å². The van der Waals surface area contributed by atoms with E-state index in [2.05, 4.69) is 24.3 Å². The van der Waals surface area contributed by atoms with Crippen LogP contribution in [0, 0.1) is 5.92 Å². The molecule has 3 rings (SSSR count). The molecule has 1 saturated heterocycles. The fraction of sp³-hybridized carbons (Fsp3) is 0.538. The van der Waals surface area contributed by atoms with Crippen LogP contribution < -0.4 is 0 Å². The summed E-state index contributed by atoms with van der Waals surface area (Å²) < 4.78 is 5.37. The minimum atomic E-state index is -0.541. The van der Waals surface area contributed by atoms with Crippen LogP contribution in [-0.4, -0.2) is 23.9 Å². The summed E-state index contributed by atoms with van der Waals surface area (Å²) in [6.07, 6.45) is 2.61. The van der Waals surface area contributed by atoms with Crippen molar-refractivity contribution in [3.05, 3.63) is 35.4 Å². The van der Waals surface area contributed by atoms with E-state index >= 15 is 0 Å². The zero-order valence-electron chi connectivity index (χ0n) is 8.78. The Balaban J connectivity index is 1.87. The van der Waals surface area contributed by atoms with Gasteiger partial charge in [-0.3, -0.25) is 0 Å². The Morgan fingerprint density at radius 2 is 1.87 bits per heavy atom. The van der Waals surface area contributed by atoms with Gasteiger partial charge in [-0.05, 0) is 17.5 Å². The molecular weight excluding hydrogens is 188 g/mol. The molecule has 1 N–H and O–H groups in total. The third kappa shape index (κ3) is 1.48. The molecule has 1 aliphatic carbocycles. The summed E-state index contributed by atoms with van der Waals surface area (Å²) >= 11 is 0. The summed E-state index contributed by atoms with van der Waals surface area (Å²) in [4.78, 5) is 0. The molecule has 0 aromatic heterocycles. The lowest BCUT2D eigenvalue weighted by Crippen LogP contribution is -2.39. The van der Waals surface area contributed by atoms with Crippen LogP contribution >= 0.6 is 0 Å². The smallest absolute Gasteiger partial charge is 0.0779 e. The third-order valence-corrected chi connectivity index (χ3v) is 3.80. The normalized spacial score (nSPS) is 27.9. The number of benzene rings is 1. The molecule has 15 heavy (non-hydrogen) atoms. The average molecular weight is 204 g/mol. The SMILES string of the molecule is OC1(C2CCOC2)Cc2ccccc2C1. The summed E-state index contributed by atoms with van der Waals surface area (Å²) in [7, 11) is 0. The first-order valence-electron chi connectivity index (χ1n) is 5.65. The van der Waals surface area contributed by atoms with Gasteiger partial charge in [0.25, 0.3) is 0 Å². The fourth-order valence-electron chi connectivity index (χ4n) is 2.87. The molecule has 2 nitrogen and oxygen atoms in total. The summed E-state index contributed by atoms with van der Waals surface area (Å²) in [6, 6.07) is 8.36. The van der Waals surface area contributed by atoms with Gasteiger partial charge < -0.3 is 9.84 Å². The second-order valence-corrected chi connectivity index (χ2v) is 4.79. The van der Waals surface area contributed by atoms with Crippen molar-refractivity contribution in [3.63, 3.8) is 0 Å². The summed E-state index contributed by atoms with van der Waals surface area (Å²) in [6.45, 7) is 1.54. The maximum atomic E-state index is 10.6. The molecule has 1 unspecified atom stereocenters. The van der Waals surface area contributed by atoms with Crippen LogP contribution in [0.4, 0.5) is 0 Å². The van der Waals surface area contributed by atoms with Gasteiger partial charge in [-0.2, -0.15) is 0 Å². The molecular formula is C13H16O2. The van der Waals surface area contributed by atoms with Gasteiger partial charge in [0.15, 0.2) is 0 Å². The van der Waals surface area contributed by atoms with Crippen LogP contribution in [0.5, 0.6) is 0 Å². The molecule has 2 aliphatic rings. The molecule has 1 aromatic carbocycles. The second-order valence-electron chi connectivity index (χ2n) is 4.79. The van der Waals surface area contributed by atoms with Gasteiger partial charge in [0.1, 0.15) is 0 Å². The van der Waals surface area contributed by atoms with Crippen LogP contribution in [0.2, 0.25) is 0 Å². The van der Waals surface area contributed by atoms with Gasteiger partial charge in [0.2, 0.25) is 0 Å². The van der Waals surface area contributed by atoms with E-state index in [9.17, 15) is 5.11 Å². The Bertz CT molecular complexity index is 342. The quantitative estimate of drug-likeness (QED) is 0.752. The monoisotopic (exact) mass is 204 g/mol. The molecule has 0 spiro atoms. The van der Waals surface area contributed by atoms with Crippen molar-refractivity contribution in [3.8, 4) is 0 Å². The van der Waals surface area contributed by atoms with Crippen LogP contribution in [0.1, 0.15) is 17.5 Å². The molecule has 0 amide bonds. The Kier molecular flexibility index (Phi) is 2.08. The van der Waals surface area contributed by atoms with Gasteiger partial charge in [0, 0.05) is 25.4 Å². The fourth-order valence-corrected chi connectivity index (χ4v) is 2.87. The van der Waals surface area contributed by atoms with E-state index in [-0.39, 0.29) is 0 Å². The summed E-state index contributed by atoms with van der Waals surface area (Å²) in [5.41, 5.74) is 2.08. The zero-order valence-corrected chi connectivity index (χ0v) is 8.78. The van der Waals surface area contributed by atoms with Gasteiger partial charge in [-0.1, -0.05) is 24.3 Å². The van der Waals surface area contributed by atoms with Crippen LogP contribution in [0.3, 0.4) is 0 Å². The number of rotatable bonds is 1. The van der Waals surface area contributed by atoms with E-state index in [1.54, 1.807) is 0 Å². The average Bonchev–Trinajstić information content (AvgIpc) is 2.83. The summed E-state index contributed by atoms with van der Waals surface area (Å²) in [5, 5.41) is 10.6. The zero-order chi connectivity index (χ0) is 10.3.